The van der Waals surface area contributed by atoms with Crippen LogP contribution < -0.4 is 0 Å². The molecule has 0 bridgehead atoms. The minimum absolute atomic E-state index is 0. The Morgan fingerprint density at radius 1 is 0.580 bits per heavy atom. The second kappa shape index (κ2) is 13.7. The molecule has 1 N–H and O–H groups in total. The maximum atomic E-state index is 10.5. The van der Waals surface area contributed by atoms with Crippen LogP contribution in [0.15, 0.2) is 162 Å². The van der Waals surface area contributed by atoms with Crippen LogP contribution in [-0.2, 0) is 26.5 Å². The molecule has 0 aliphatic rings. The summed E-state index contributed by atoms with van der Waals surface area (Å²) in [4.78, 5) is 9.69. The van der Waals surface area contributed by atoms with Crippen molar-refractivity contribution in [3.05, 3.63) is 175 Å². The molecule has 50 heavy (non-hydrogen) atoms. The normalized spacial score (nSPS) is 11.3. The number of fused-ring (bicyclic) bond motifs is 1. The van der Waals surface area contributed by atoms with E-state index in [9.17, 15) is 5.11 Å². The summed E-state index contributed by atoms with van der Waals surface area (Å²) >= 11 is 0. The van der Waals surface area contributed by atoms with Gasteiger partial charge in [0.2, 0.25) is 5.89 Å². The molecule has 6 aromatic carbocycles. The summed E-state index contributed by atoms with van der Waals surface area (Å²) in [5.41, 5.74) is 12.1. The number of phenols is 1. The molecule has 4 nitrogen and oxygen atoms in total. The molecule has 0 saturated carbocycles. The summed E-state index contributed by atoms with van der Waals surface area (Å²) in [5.74, 6) is 0.487. The van der Waals surface area contributed by atoms with Crippen LogP contribution in [0.3, 0.4) is 0 Å². The van der Waals surface area contributed by atoms with Gasteiger partial charge in [0, 0.05) is 38.4 Å². The van der Waals surface area contributed by atoms with E-state index in [1.807, 2.05) is 54.7 Å². The van der Waals surface area contributed by atoms with Gasteiger partial charge in [0.15, 0.2) is 0 Å². The number of nitrogens with zero attached hydrogens (tertiary/aromatic N) is 2. The van der Waals surface area contributed by atoms with Gasteiger partial charge in [-0.3, -0.25) is 4.98 Å². The molecule has 0 spiro atoms. The maximum Gasteiger partial charge on any atom is 0.230 e. The Balaban J connectivity index is 0.00000392. The Hall–Kier alpha value is -5.57. The zero-order chi connectivity index (χ0) is 33.4. The first-order valence-electron chi connectivity index (χ1n) is 16.4. The first-order chi connectivity index (χ1) is 23.9. The van der Waals surface area contributed by atoms with Crippen LogP contribution in [0.25, 0.3) is 67.2 Å². The fraction of sp³-hybridized carbons (Fsp3) is 0.0667. The number of oxazole rings is 1. The molecule has 2 aromatic heterocycles. The van der Waals surface area contributed by atoms with Crippen LogP contribution in [0.4, 0.5) is 0 Å². The number of benzene rings is 6. The average Bonchev–Trinajstić information content (AvgIpc) is 3.60. The van der Waals surface area contributed by atoms with Gasteiger partial charge in [0.25, 0.3) is 0 Å². The number of pyridine rings is 1. The summed E-state index contributed by atoms with van der Waals surface area (Å²) in [6.45, 7) is 4.52. The fourth-order valence-electron chi connectivity index (χ4n) is 6.44. The predicted molar refractivity (Wildman–Crippen MR) is 198 cm³/mol. The molecule has 2 heterocycles. The molecule has 0 atom stereocenters. The van der Waals surface area contributed by atoms with Gasteiger partial charge in [0.05, 0.1) is 11.1 Å². The smallest absolute Gasteiger partial charge is 0.230 e. The molecule has 8 aromatic rings. The van der Waals surface area contributed by atoms with E-state index in [-0.39, 0.29) is 32.2 Å². The SMILES string of the molecule is CC(C)(c1ccccc1)c1ccc(-c2cc(-c3cc(-c4ccccc4)ccn3)[c-]c(-c3cccc4oc(-c5ccccc5O)nc34)c2)cc1.[Pt]. The predicted octanol–water partition coefficient (Wildman–Crippen LogP) is 11.4. The summed E-state index contributed by atoms with van der Waals surface area (Å²) in [7, 11) is 0. The molecule has 0 aliphatic carbocycles. The van der Waals surface area contributed by atoms with Crippen molar-refractivity contribution in [2.24, 2.45) is 0 Å². The Morgan fingerprint density at radius 2 is 1.22 bits per heavy atom. The Bertz CT molecular complexity index is 2420. The van der Waals surface area contributed by atoms with Crippen molar-refractivity contribution in [1.29, 1.82) is 0 Å². The van der Waals surface area contributed by atoms with E-state index >= 15 is 0 Å². The molecule has 0 unspecified atom stereocenters. The minimum Gasteiger partial charge on any atom is -0.507 e. The molecule has 0 saturated heterocycles. The van der Waals surface area contributed by atoms with E-state index in [4.69, 9.17) is 14.4 Å². The third-order valence-corrected chi connectivity index (χ3v) is 9.29. The van der Waals surface area contributed by atoms with E-state index in [0.717, 1.165) is 44.6 Å². The second-order valence-corrected chi connectivity index (χ2v) is 12.7. The van der Waals surface area contributed by atoms with E-state index in [1.54, 1.807) is 18.2 Å². The van der Waals surface area contributed by atoms with Crippen molar-refractivity contribution >= 4 is 11.1 Å². The fourth-order valence-corrected chi connectivity index (χ4v) is 6.44. The minimum atomic E-state index is -0.143. The van der Waals surface area contributed by atoms with Crippen molar-refractivity contribution in [3.63, 3.8) is 0 Å². The van der Waals surface area contributed by atoms with Crippen molar-refractivity contribution < 1.29 is 30.6 Å². The van der Waals surface area contributed by atoms with Crippen molar-refractivity contribution in [3.8, 4) is 61.8 Å². The topological polar surface area (TPSA) is 59.2 Å². The van der Waals surface area contributed by atoms with Gasteiger partial charge in [0.1, 0.15) is 11.3 Å². The average molecular weight is 829 g/mol. The molecular formula is C45H33N2O2Pt-. The van der Waals surface area contributed by atoms with Crippen LogP contribution in [0.1, 0.15) is 25.0 Å². The number of hydrogen-bond acceptors (Lipinski definition) is 4. The zero-order valence-electron chi connectivity index (χ0n) is 27.6. The van der Waals surface area contributed by atoms with Crippen molar-refractivity contribution in [2.45, 2.75) is 19.3 Å². The van der Waals surface area contributed by atoms with Crippen LogP contribution >= 0.6 is 0 Å². The zero-order valence-corrected chi connectivity index (χ0v) is 29.8. The largest absolute Gasteiger partial charge is 0.507 e. The summed E-state index contributed by atoms with van der Waals surface area (Å²) < 4.78 is 6.18. The number of aromatic nitrogens is 2. The van der Waals surface area contributed by atoms with E-state index < -0.39 is 0 Å². The molecule has 8 rings (SSSR count). The third-order valence-electron chi connectivity index (χ3n) is 9.29. The summed E-state index contributed by atoms with van der Waals surface area (Å²) in [6, 6.07) is 54.9. The van der Waals surface area contributed by atoms with E-state index in [2.05, 4.69) is 105 Å². The molecule has 0 amide bonds. The van der Waals surface area contributed by atoms with Gasteiger partial charge >= 0.3 is 0 Å². The number of aromatic hydroxyl groups is 1. The molecule has 246 valence electrons. The van der Waals surface area contributed by atoms with Crippen molar-refractivity contribution in [1.82, 2.24) is 9.97 Å². The summed E-state index contributed by atoms with van der Waals surface area (Å²) in [5, 5.41) is 10.5. The number of rotatable bonds is 7. The van der Waals surface area contributed by atoms with Gasteiger partial charge in [-0.25, -0.2) is 4.98 Å². The maximum absolute atomic E-state index is 10.5. The number of hydrogen-bond donors (Lipinski definition) is 1. The summed E-state index contributed by atoms with van der Waals surface area (Å²) in [6.07, 6.45) is 1.86. The second-order valence-electron chi connectivity index (χ2n) is 12.7. The van der Waals surface area contributed by atoms with Gasteiger partial charge in [-0.15, -0.1) is 23.8 Å². The van der Waals surface area contributed by atoms with Crippen LogP contribution in [0.5, 0.6) is 5.75 Å². The quantitative estimate of drug-likeness (QED) is 0.163. The molecule has 0 fully saturated rings. The van der Waals surface area contributed by atoms with E-state index in [1.165, 1.54) is 11.1 Å². The van der Waals surface area contributed by atoms with Gasteiger partial charge in [-0.1, -0.05) is 146 Å². The van der Waals surface area contributed by atoms with Crippen LogP contribution in [-0.4, -0.2) is 15.1 Å². The Kier molecular flexibility index (Phi) is 9.06. The first-order valence-corrected chi connectivity index (χ1v) is 16.4. The van der Waals surface area contributed by atoms with Gasteiger partial charge in [-0.2, -0.15) is 0 Å². The third kappa shape index (κ3) is 6.31. The van der Waals surface area contributed by atoms with Crippen LogP contribution in [0.2, 0.25) is 0 Å². The monoisotopic (exact) mass is 828 g/mol. The van der Waals surface area contributed by atoms with Gasteiger partial charge < -0.3 is 9.52 Å². The molecule has 0 aliphatic heterocycles. The van der Waals surface area contributed by atoms with Gasteiger partial charge in [-0.05, 0) is 52.1 Å². The molecule has 5 heteroatoms. The Morgan fingerprint density at radius 3 is 1.98 bits per heavy atom. The number of phenolic OH excluding ortho intramolecular Hbond substituents is 1. The number of para-hydroxylation sites is 2. The standard InChI is InChI=1S/C45H33N2O2.Pt/c1-45(2,36-14-7-4-8-15-36)37-22-20-31(21-23-37)33-26-34(28-35(27-33)40-29-32(24-25-46-40)30-12-5-3-6-13-30)38-17-11-19-42-43(38)47-44(49-42)39-16-9-10-18-41(39)48;/h3-27,29,48H,1-2H3;/q-1;. The van der Waals surface area contributed by atoms with E-state index in [0.29, 0.717) is 22.6 Å². The molecular weight excluding hydrogens is 796 g/mol. The first kappa shape index (κ1) is 33.0. The Labute approximate surface area is 306 Å². The van der Waals surface area contributed by atoms with Crippen molar-refractivity contribution in [2.75, 3.05) is 0 Å². The van der Waals surface area contributed by atoms with Crippen LogP contribution in [0, 0.1) is 6.07 Å². The molecule has 0 radical (unpaired) electrons.